The summed E-state index contributed by atoms with van der Waals surface area (Å²) in [5.74, 6) is 0. The Bertz CT molecular complexity index is 596. The van der Waals surface area contributed by atoms with E-state index >= 15 is 0 Å². The van der Waals surface area contributed by atoms with Gasteiger partial charge in [0, 0.05) is 4.90 Å². The summed E-state index contributed by atoms with van der Waals surface area (Å²) in [6.07, 6.45) is 0. The molecule has 0 saturated heterocycles. The molecule has 0 radical (unpaired) electrons. The highest BCUT2D eigenvalue weighted by Gasteiger charge is 2.26. The van der Waals surface area contributed by atoms with E-state index in [1.807, 2.05) is 38.1 Å². The van der Waals surface area contributed by atoms with Gasteiger partial charge in [-0.1, -0.05) is 51.1 Å². The molecule has 0 heterocycles. The van der Waals surface area contributed by atoms with Crippen LogP contribution in [0.4, 0.5) is 0 Å². The van der Waals surface area contributed by atoms with Crippen molar-refractivity contribution in [2.24, 2.45) is 0 Å². The summed E-state index contributed by atoms with van der Waals surface area (Å²) < 4.78 is 0. The topological polar surface area (TPSA) is 20.2 Å². The van der Waals surface area contributed by atoms with Gasteiger partial charge in [-0.3, -0.25) is 0 Å². The standard InChI is InChI=1S/C19H24OS/c1-18(2,3)15-11-14(13-9-7-6-8-10-13)12-16(17(15)21)19(4,5)20/h6-12,20-21H,1-5H3. The van der Waals surface area contributed by atoms with Crippen molar-refractivity contribution in [3.63, 3.8) is 0 Å². The molecule has 0 fully saturated rings. The van der Waals surface area contributed by atoms with E-state index in [4.69, 9.17) is 12.6 Å². The Balaban J connectivity index is 2.75. The molecule has 112 valence electrons. The van der Waals surface area contributed by atoms with Crippen molar-refractivity contribution in [1.82, 2.24) is 0 Å². The first-order chi connectivity index (χ1) is 9.60. The van der Waals surface area contributed by atoms with Crippen LogP contribution in [0, 0.1) is 0 Å². The Labute approximate surface area is 133 Å². The summed E-state index contributed by atoms with van der Waals surface area (Å²) in [6, 6.07) is 14.5. The van der Waals surface area contributed by atoms with Gasteiger partial charge in [0.1, 0.15) is 0 Å². The number of aliphatic hydroxyl groups is 1. The van der Waals surface area contributed by atoms with Gasteiger partial charge >= 0.3 is 0 Å². The molecule has 0 aromatic heterocycles. The third-order valence-corrected chi connectivity index (χ3v) is 4.17. The minimum absolute atomic E-state index is 0.0259. The third-order valence-electron chi connectivity index (χ3n) is 3.68. The molecule has 0 saturated carbocycles. The minimum atomic E-state index is -0.915. The van der Waals surface area contributed by atoms with Gasteiger partial charge < -0.3 is 5.11 Å². The molecule has 0 unspecified atom stereocenters. The van der Waals surface area contributed by atoms with Crippen LogP contribution in [0.15, 0.2) is 47.4 Å². The summed E-state index contributed by atoms with van der Waals surface area (Å²) in [5, 5.41) is 10.5. The maximum Gasteiger partial charge on any atom is 0.0851 e. The molecule has 21 heavy (non-hydrogen) atoms. The second kappa shape index (κ2) is 5.51. The maximum atomic E-state index is 10.5. The zero-order valence-corrected chi connectivity index (χ0v) is 14.3. The van der Waals surface area contributed by atoms with Crippen LogP contribution in [0.2, 0.25) is 0 Å². The van der Waals surface area contributed by atoms with Crippen LogP contribution < -0.4 is 0 Å². The van der Waals surface area contributed by atoms with Crippen molar-refractivity contribution in [2.75, 3.05) is 0 Å². The molecular weight excluding hydrogens is 276 g/mol. The normalized spacial score (nSPS) is 12.5. The van der Waals surface area contributed by atoms with Crippen LogP contribution in [0.25, 0.3) is 11.1 Å². The highest BCUT2D eigenvalue weighted by atomic mass is 32.1. The van der Waals surface area contributed by atoms with Gasteiger partial charge in [0.25, 0.3) is 0 Å². The minimum Gasteiger partial charge on any atom is -0.386 e. The lowest BCUT2D eigenvalue weighted by atomic mass is 9.81. The van der Waals surface area contributed by atoms with Crippen molar-refractivity contribution in [3.05, 3.63) is 53.6 Å². The summed E-state index contributed by atoms with van der Waals surface area (Å²) in [5.41, 5.74) is 3.36. The Morgan fingerprint density at radius 3 is 1.81 bits per heavy atom. The van der Waals surface area contributed by atoms with Gasteiger partial charge in [0.05, 0.1) is 5.60 Å². The monoisotopic (exact) mass is 300 g/mol. The highest BCUT2D eigenvalue weighted by Crippen LogP contribution is 2.38. The van der Waals surface area contributed by atoms with Crippen molar-refractivity contribution in [2.45, 2.75) is 50.5 Å². The molecule has 0 bridgehead atoms. The van der Waals surface area contributed by atoms with Gasteiger partial charge in [0.2, 0.25) is 0 Å². The first kappa shape index (κ1) is 16.1. The molecule has 0 aliphatic heterocycles. The molecule has 1 nitrogen and oxygen atoms in total. The summed E-state index contributed by atoms with van der Waals surface area (Å²) in [7, 11) is 0. The zero-order chi connectivity index (χ0) is 15.8. The molecule has 0 aliphatic rings. The van der Waals surface area contributed by atoms with Crippen LogP contribution in [0.1, 0.15) is 45.7 Å². The first-order valence-electron chi connectivity index (χ1n) is 7.26. The van der Waals surface area contributed by atoms with Crippen LogP contribution >= 0.6 is 12.6 Å². The molecule has 2 aromatic rings. The summed E-state index contributed by atoms with van der Waals surface area (Å²) >= 11 is 4.70. The lowest BCUT2D eigenvalue weighted by molar-refractivity contribution is 0.0756. The lowest BCUT2D eigenvalue weighted by Gasteiger charge is -2.28. The average Bonchev–Trinajstić information content (AvgIpc) is 2.37. The SMILES string of the molecule is CC(C)(C)c1cc(-c2ccccc2)cc(C(C)(C)O)c1S. The predicted molar refractivity (Wildman–Crippen MR) is 93.1 cm³/mol. The van der Waals surface area contributed by atoms with Gasteiger partial charge in [-0.2, -0.15) is 0 Å². The van der Waals surface area contributed by atoms with Gasteiger partial charge in [0.15, 0.2) is 0 Å². The number of thiol groups is 1. The van der Waals surface area contributed by atoms with Crippen molar-refractivity contribution in [3.8, 4) is 11.1 Å². The Morgan fingerprint density at radius 2 is 1.33 bits per heavy atom. The lowest BCUT2D eigenvalue weighted by Crippen LogP contribution is -2.20. The van der Waals surface area contributed by atoms with E-state index in [1.165, 1.54) is 0 Å². The number of hydrogen-bond acceptors (Lipinski definition) is 2. The molecule has 2 rings (SSSR count). The fourth-order valence-electron chi connectivity index (χ4n) is 2.47. The highest BCUT2D eigenvalue weighted by molar-refractivity contribution is 7.80. The second-order valence-electron chi connectivity index (χ2n) is 7.10. The van der Waals surface area contributed by atoms with Crippen LogP contribution in [0.3, 0.4) is 0 Å². The molecular formula is C19H24OS. The molecule has 0 atom stereocenters. The van der Waals surface area contributed by atoms with Gasteiger partial charge in [-0.15, -0.1) is 12.6 Å². The quantitative estimate of drug-likeness (QED) is 0.733. The van der Waals surface area contributed by atoms with Gasteiger partial charge in [-0.25, -0.2) is 0 Å². The summed E-state index contributed by atoms with van der Waals surface area (Å²) in [4.78, 5) is 0.884. The van der Waals surface area contributed by atoms with E-state index in [0.29, 0.717) is 0 Å². The van der Waals surface area contributed by atoms with Crippen LogP contribution in [-0.4, -0.2) is 5.11 Å². The number of rotatable bonds is 2. The Kier molecular flexibility index (Phi) is 4.23. The van der Waals surface area contributed by atoms with Crippen molar-refractivity contribution in [1.29, 1.82) is 0 Å². The maximum absolute atomic E-state index is 10.5. The molecule has 0 amide bonds. The molecule has 0 spiro atoms. The number of hydrogen-bond donors (Lipinski definition) is 2. The Hall–Kier alpha value is -1.25. The smallest absolute Gasteiger partial charge is 0.0851 e. The fraction of sp³-hybridized carbons (Fsp3) is 0.368. The largest absolute Gasteiger partial charge is 0.386 e. The third kappa shape index (κ3) is 3.50. The predicted octanol–water partition coefficient (Wildman–Crippen LogP) is 5.17. The molecule has 1 N–H and O–H groups in total. The molecule has 2 aromatic carbocycles. The molecule has 2 heteroatoms. The van der Waals surface area contributed by atoms with Crippen molar-refractivity contribution >= 4 is 12.6 Å². The van der Waals surface area contributed by atoms with E-state index in [0.717, 1.165) is 27.1 Å². The Morgan fingerprint density at radius 1 is 0.810 bits per heavy atom. The van der Waals surface area contributed by atoms with Gasteiger partial charge in [-0.05, 0) is 53.6 Å². The fourth-order valence-corrected chi connectivity index (χ4v) is 3.21. The zero-order valence-electron chi connectivity index (χ0n) is 13.4. The van der Waals surface area contributed by atoms with Crippen molar-refractivity contribution < 1.29 is 5.11 Å². The molecule has 0 aliphatic carbocycles. The van der Waals surface area contributed by atoms with E-state index < -0.39 is 5.60 Å². The van der Waals surface area contributed by atoms with Crippen LogP contribution in [-0.2, 0) is 11.0 Å². The van der Waals surface area contributed by atoms with E-state index in [9.17, 15) is 5.11 Å². The number of benzene rings is 2. The van der Waals surface area contributed by atoms with E-state index in [2.05, 4.69) is 39.0 Å². The average molecular weight is 300 g/mol. The van der Waals surface area contributed by atoms with E-state index in [-0.39, 0.29) is 5.41 Å². The van der Waals surface area contributed by atoms with E-state index in [1.54, 1.807) is 0 Å². The summed E-state index contributed by atoms with van der Waals surface area (Å²) in [6.45, 7) is 10.1. The van der Waals surface area contributed by atoms with Crippen LogP contribution in [0.5, 0.6) is 0 Å². The first-order valence-corrected chi connectivity index (χ1v) is 7.71. The second-order valence-corrected chi connectivity index (χ2v) is 7.54.